The van der Waals surface area contributed by atoms with E-state index in [1.165, 1.54) is 0 Å². The first kappa shape index (κ1) is 5.37. The third kappa shape index (κ3) is 0.403. The van der Waals surface area contributed by atoms with Crippen LogP contribution in [0.15, 0.2) is 22.2 Å². The summed E-state index contributed by atoms with van der Waals surface area (Å²) in [4.78, 5) is 0.0440. The number of hydrogen-bond donors (Lipinski definition) is 4. The second kappa shape index (κ2) is 1.35. The molecular weight excluding hydrogens is 128 g/mol. The third-order valence-corrected chi connectivity index (χ3v) is 1.32. The molecule has 0 aromatic rings. The Labute approximate surface area is 51.0 Å². The Morgan fingerprint density at radius 1 is 0.875 bits per heavy atom. The van der Waals surface area contributed by atoms with E-state index in [-0.39, 0.29) is 16.4 Å². The second-order valence-electron chi connectivity index (χ2n) is 1.39. The number of thiol groups is 1. The molecule has 0 radical (unpaired) electrons. The predicted molar refractivity (Wildman–Crippen MR) is 30.9 cm³/mol. The van der Waals surface area contributed by atoms with E-state index in [4.69, 9.17) is 15.3 Å². The highest BCUT2D eigenvalue weighted by atomic mass is 32.1. The molecular formula is C4H4O3S. The molecule has 0 aliphatic heterocycles. The van der Waals surface area contributed by atoms with Crippen molar-refractivity contribution >= 4 is 12.6 Å². The van der Waals surface area contributed by atoms with Crippen LogP contribution in [-0.4, -0.2) is 15.3 Å². The fourth-order valence-corrected chi connectivity index (χ4v) is 0.598. The Balaban J connectivity index is 2.86. The van der Waals surface area contributed by atoms with E-state index in [2.05, 4.69) is 12.6 Å². The number of aliphatic hydroxyl groups excluding tert-OH is 3. The molecule has 0 spiro atoms. The first-order valence-electron chi connectivity index (χ1n) is 1.89. The zero-order valence-corrected chi connectivity index (χ0v) is 4.68. The van der Waals surface area contributed by atoms with Gasteiger partial charge in [0.05, 0.1) is 4.91 Å². The van der Waals surface area contributed by atoms with Gasteiger partial charge >= 0.3 is 0 Å². The molecule has 8 heavy (non-hydrogen) atoms. The third-order valence-electron chi connectivity index (χ3n) is 0.897. The quantitative estimate of drug-likeness (QED) is 0.372. The van der Waals surface area contributed by atoms with Gasteiger partial charge in [-0.25, -0.2) is 0 Å². The van der Waals surface area contributed by atoms with Crippen LogP contribution < -0.4 is 0 Å². The Morgan fingerprint density at radius 2 is 1.38 bits per heavy atom. The Bertz CT molecular complexity index is 138. The minimum atomic E-state index is -0.477. The van der Waals surface area contributed by atoms with E-state index in [9.17, 15) is 0 Å². The van der Waals surface area contributed by atoms with Crippen molar-refractivity contribution in [3.05, 3.63) is 22.2 Å². The van der Waals surface area contributed by atoms with Crippen LogP contribution in [0.5, 0.6) is 0 Å². The topological polar surface area (TPSA) is 60.7 Å². The fraction of sp³-hybridized carbons (Fsp3) is 0. The maximum absolute atomic E-state index is 8.49. The largest absolute Gasteiger partial charge is 0.503 e. The highest BCUT2D eigenvalue weighted by molar-refractivity contribution is 7.84. The SMILES string of the molecule is OC1=C(O)C(S)=C1O. The highest BCUT2D eigenvalue weighted by Gasteiger charge is 2.25. The molecule has 0 amide bonds. The summed E-state index contributed by atoms with van der Waals surface area (Å²) >= 11 is 3.60. The number of aliphatic hydroxyl groups is 3. The second-order valence-corrected chi connectivity index (χ2v) is 1.84. The molecule has 0 aromatic heterocycles. The summed E-state index contributed by atoms with van der Waals surface area (Å²) in [5.41, 5.74) is 0. The molecule has 3 N–H and O–H groups in total. The molecule has 0 saturated carbocycles. The summed E-state index contributed by atoms with van der Waals surface area (Å²) in [5, 5.41) is 25.4. The van der Waals surface area contributed by atoms with E-state index in [1.807, 2.05) is 0 Å². The molecule has 0 heterocycles. The van der Waals surface area contributed by atoms with Crippen molar-refractivity contribution in [2.75, 3.05) is 0 Å². The van der Waals surface area contributed by atoms with Crippen molar-refractivity contribution in [2.24, 2.45) is 0 Å². The number of hydrogen-bond acceptors (Lipinski definition) is 4. The lowest BCUT2D eigenvalue weighted by Gasteiger charge is -2.13. The lowest BCUT2D eigenvalue weighted by molar-refractivity contribution is 0.263. The summed E-state index contributed by atoms with van der Waals surface area (Å²) in [7, 11) is 0. The van der Waals surface area contributed by atoms with Crippen LogP contribution >= 0.6 is 12.6 Å². The smallest absolute Gasteiger partial charge is 0.202 e. The van der Waals surface area contributed by atoms with E-state index in [1.54, 1.807) is 0 Å². The molecule has 1 aliphatic rings. The average Bonchev–Trinajstić information content (AvgIpc) is 1.83. The first-order chi connectivity index (χ1) is 3.64. The highest BCUT2D eigenvalue weighted by Crippen LogP contribution is 2.31. The summed E-state index contributed by atoms with van der Waals surface area (Å²) < 4.78 is 0. The van der Waals surface area contributed by atoms with Gasteiger partial charge in [-0.3, -0.25) is 0 Å². The van der Waals surface area contributed by atoms with Gasteiger partial charge in [-0.1, -0.05) is 0 Å². The Kier molecular flexibility index (Phi) is 0.907. The Hall–Kier alpha value is -0.770. The van der Waals surface area contributed by atoms with Crippen LogP contribution in [-0.2, 0) is 0 Å². The molecule has 0 bridgehead atoms. The van der Waals surface area contributed by atoms with Crippen LogP contribution in [0, 0.1) is 0 Å². The average molecular weight is 132 g/mol. The standard InChI is InChI=1S/C4H4O3S/c5-1-2(6)4(8)3(1)7/h5-8H. The number of rotatable bonds is 0. The van der Waals surface area contributed by atoms with Crippen LogP contribution in [0.2, 0.25) is 0 Å². The van der Waals surface area contributed by atoms with Crippen molar-refractivity contribution in [3.63, 3.8) is 0 Å². The molecule has 0 saturated heterocycles. The van der Waals surface area contributed by atoms with Crippen LogP contribution in [0.3, 0.4) is 0 Å². The van der Waals surface area contributed by atoms with E-state index < -0.39 is 5.76 Å². The normalized spacial score (nSPS) is 19.1. The summed E-state index contributed by atoms with van der Waals surface area (Å²) in [6.07, 6.45) is 0. The molecule has 1 aliphatic carbocycles. The van der Waals surface area contributed by atoms with Gasteiger partial charge in [-0.05, 0) is 0 Å². The first-order valence-corrected chi connectivity index (χ1v) is 2.34. The van der Waals surface area contributed by atoms with Crippen molar-refractivity contribution in [1.82, 2.24) is 0 Å². The molecule has 3 nitrogen and oxygen atoms in total. The van der Waals surface area contributed by atoms with E-state index >= 15 is 0 Å². The lowest BCUT2D eigenvalue weighted by Crippen LogP contribution is -2.07. The molecule has 0 atom stereocenters. The van der Waals surface area contributed by atoms with Crippen LogP contribution in [0.25, 0.3) is 0 Å². The van der Waals surface area contributed by atoms with Gasteiger partial charge < -0.3 is 15.3 Å². The van der Waals surface area contributed by atoms with Crippen LogP contribution in [0.1, 0.15) is 0 Å². The summed E-state index contributed by atoms with van der Waals surface area (Å²) in [6.45, 7) is 0. The molecule has 4 heteroatoms. The monoisotopic (exact) mass is 132 g/mol. The van der Waals surface area contributed by atoms with Crippen molar-refractivity contribution < 1.29 is 15.3 Å². The van der Waals surface area contributed by atoms with Gasteiger partial charge in [-0.15, -0.1) is 12.6 Å². The minimum Gasteiger partial charge on any atom is -0.503 e. The van der Waals surface area contributed by atoms with Gasteiger partial charge in [0.1, 0.15) is 0 Å². The summed E-state index contributed by atoms with van der Waals surface area (Å²) in [5.74, 6) is -1.16. The molecule has 1 rings (SSSR count). The van der Waals surface area contributed by atoms with Crippen molar-refractivity contribution in [2.45, 2.75) is 0 Å². The maximum atomic E-state index is 8.49. The maximum Gasteiger partial charge on any atom is 0.202 e. The van der Waals surface area contributed by atoms with Crippen molar-refractivity contribution in [3.8, 4) is 0 Å². The molecule has 0 aromatic carbocycles. The van der Waals surface area contributed by atoms with Crippen LogP contribution in [0.4, 0.5) is 0 Å². The van der Waals surface area contributed by atoms with Gasteiger partial charge in [0.25, 0.3) is 0 Å². The predicted octanol–water partition coefficient (Wildman–Crippen LogP) is 1.03. The zero-order chi connectivity index (χ0) is 6.31. The van der Waals surface area contributed by atoms with E-state index in [0.29, 0.717) is 0 Å². The zero-order valence-electron chi connectivity index (χ0n) is 3.79. The minimum absolute atomic E-state index is 0.0440. The van der Waals surface area contributed by atoms with Gasteiger partial charge in [0.2, 0.25) is 5.76 Å². The molecule has 0 fully saturated rings. The molecule has 0 unspecified atom stereocenters. The summed E-state index contributed by atoms with van der Waals surface area (Å²) in [6, 6.07) is 0. The van der Waals surface area contributed by atoms with Gasteiger partial charge in [-0.2, -0.15) is 0 Å². The van der Waals surface area contributed by atoms with Crippen molar-refractivity contribution in [1.29, 1.82) is 0 Å². The lowest BCUT2D eigenvalue weighted by atomic mass is 10.2. The molecule has 44 valence electrons. The Morgan fingerprint density at radius 3 is 1.50 bits per heavy atom. The van der Waals surface area contributed by atoms with E-state index in [0.717, 1.165) is 0 Å². The fourth-order valence-electron chi connectivity index (χ4n) is 0.386. The van der Waals surface area contributed by atoms with Gasteiger partial charge in [0.15, 0.2) is 11.5 Å². The van der Waals surface area contributed by atoms with Gasteiger partial charge in [0, 0.05) is 0 Å².